The Morgan fingerprint density at radius 3 is 2.62 bits per heavy atom. The van der Waals surface area contributed by atoms with Crippen LogP contribution in [0.3, 0.4) is 0 Å². The molecule has 158 valence electrons. The van der Waals surface area contributed by atoms with Crippen LogP contribution < -0.4 is 20.1 Å². The van der Waals surface area contributed by atoms with Crippen molar-refractivity contribution in [3.63, 3.8) is 0 Å². The van der Waals surface area contributed by atoms with Crippen molar-refractivity contribution in [2.24, 2.45) is 4.99 Å². The molecule has 1 aliphatic rings. The summed E-state index contributed by atoms with van der Waals surface area (Å²) in [5, 5.41) is 10.8. The van der Waals surface area contributed by atoms with Crippen LogP contribution in [0.15, 0.2) is 33.8 Å². The maximum atomic E-state index is 5.38. The van der Waals surface area contributed by atoms with Gasteiger partial charge in [-0.2, -0.15) is 0 Å². The van der Waals surface area contributed by atoms with Crippen LogP contribution in [-0.4, -0.2) is 56.4 Å². The first kappa shape index (κ1) is 21.0. The number of hydrogen-bond donors (Lipinski definition) is 2. The van der Waals surface area contributed by atoms with Crippen molar-refractivity contribution in [1.29, 1.82) is 0 Å². The van der Waals surface area contributed by atoms with E-state index in [1.807, 2.05) is 12.1 Å². The molecule has 2 aromatic rings. The fraction of sp³-hybridized carbons (Fsp3) is 0.524. The Morgan fingerprint density at radius 2 is 2.00 bits per heavy atom. The number of aromatic nitrogens is 1. The number of methoxy groups -OCH3 is 2. The highest BCUT2D eigenvalue weighted by molar-refractivity contribution is 5.79. The zero-order valence-electron chi connectivity index (χ0n) is 17.7. The van der Waals surface area contributed by atoms with Crippen molar-refractivity contribution >= 4 is 5.96 Å². The van der Waals surface area contributed by atoms with E-state index in [2.05, 4.69) is 44.7 Å². The Bertz CT molecular complexity index is 798. The van der Waals surface area contributed by atoms with E-state index in [-0.39, 0.29) is 0 Å². The highest BCUT2D eigenvalue weighted by atomic mass is 16.5. The summed E-state index contributed by atoms with van der Waals surface area (Å²) in [6.45, 7) is 5.45. The second kappa shape index (κ2) is 10.2. The van der Waals surface area contributed by atoms with E-state index < -0.39 is 0 Å². The van der Waals surface area contributed by atoms with Gasteiger partial charge in [0.05, 0.1) is 26.5 Å². The summed E-state index contributed by atoms with van der Waals surface area (Å²) < 4.78 is 16.1. The Labute approximate surface area is 172 Å². The molecule has 8 nitrogen and oxygen atoms in total. The number of hydrogen-bond acceptors (Lipinski definition) is 6. The normalized spacial score (nSPS) is 17.4. The summed E-state index contributed by atoms with van der Waals surface area (Å²) in [7, 11) is 5.13. The Balaban J connectivity index is 1.49. The monoisotopic (exact) mass is 401 g/mol. The average Bonchev–Trinajstić information content (AvgIpc) is 3.39. The predicted octanol–water partition coefficient (Wildman–Crippen LogP) is 2.19. The smallest absolute Gasteiger partial charge is 0.191 e. The Hall–Kier alpha value is -2.74. The van der Waals surface area contributed by atoms with Crippen molar-refractivity contribution < 1.29 is 14.0 Å². The fourth-order valence-corrected chi connectivity index (χ4v) is 3.47. The topological polar surface area (TPSA) is 84.2 Å². The van der Waals surface area contributed by atoms with Gasteiger partial charge in [0.25, 0.3) is 0 Å². The number of benzene rings is 1. The summed E-state index contributed by atoms with van der Waals surface area (Å²) >= 11 is 0. The maximum Gasteiger partial charge on any atom is 0.191 e. The van der Waals surface area contributed by atoms with Crippen LogP contribution in [0.4, 0.5) is 0 Å². The second-order valence-corrected chi connectivity index (χ2v) is 7.15. The average molecular weight is 402 g/mol. The summed E-state index contributed by atoms with van der Waals surface area (Å²) in [5.41, 5.74) is 2.15. The van der Waals surface area contributed by atoms with Gasteiger partial charge >= 0.3 is 0 Å². The van der Waals surface area contributed by atoms with E-state index in [0.29, 0.717) is 12.6 Å². The van der Waals surface area contributed by atoms with Gasteiger partial charge in [-0.1, -0.05) is 12.1 Å². The van der Waals surface area contributed by atoms with Gasteiger partial charge < -0.3 is 24.6 Å². The second-order valence-electron chi connectivity index (χ2n) is 7.15. The van der Waals surface area contributed by atoms with Crippen LogP contribution >= 0.6 is 0 Å². The first-order valence-electron chi connectivity index (χ1n) is 9.99. The number of ether oxygens (including phenoxy) is 2. The number of aliphatic imine (C=N–C) groups is 1. The lowest BCUT2D eigenvalue weighted by Crippen LogP contribution is -2.44. The molecule has 0 saturated carbocycles. The van der Waals surface area contributed by atoms with Crippen molar-refractivity contribution in [2.45, 2.75) is 38.9 Å². The molecule has 1 saturated heterocycles. The summed E-state index contributed by atoms with van der Waals surface area (Å²) in [6, 6.07) is 8.33. The lowest BCUT2D eigenvalue weighted by molar-refractivity contribution is 0.321. The summed E-state index contributed by atoms with van der Waals surface area (Å²) in [5.74, 6) is 3.21. The SMILES string of the molecule is CCc1cc(CNC(=NC)NC2CCN(Cc3cc(OC)cc(OC)c3)C2)on1. The van der Waals surface area contributed by atoms with E-state index in [1.54, 1.807) is 21.3 Å². The minimum Gasteiger partial charge on any atom is -0.497 e. The van der Waals surface area contributed by atoms with Crippen LogP contribution in [0.2, 0.25) is 0 Å². The molecule has 1 aromatic carbocycles. The van der Waals surface area contributed by atoms with E-state index >= 15 is 0 Å². The third-order valence-electron chi connectivity index (χ3n) is 5.05. The summed E-state index contributed by atoms with van der Waals surface area (Å²) in [4.78, 5) is 6.75. The van der Waals surface area contributed by atoms with Gasteiger partial charge in [-0.25, -0.2) is 0 Å². The van der Waals surface area contributed by atoms with Gasteiger partial charge in [-0.3, -0.25) is 9.89 Å². The molecule has 1 unspecified atom stereocenters. The van der Waals surface area contributed by atoms with Gasteiger partial charge in [0.2, 0.25) is 0 Å². The molecular formula is C21H31N5O3. The highest BCUT2D eigenvalue weighted by Gasteiger charge is 2.23. The summed E-state index contributed by atoms with van der Waals surface area (Å²) in [6.07, 6.45) is 1.93. The molecular weight excluding hydrogens is 370 g/mol. The van der Waals surface area contributed by atoms with E-state index in [4.69, 9.17) is 14.0 Å². The molecule has 1 aromatic heterocycles. The largest absolute Gasteiger partial charge is 0.497 e. The molecule has 3 rings (SSSR count). The first-order valence-corrected chi connectivity index (χ1v) is 9.99. The molecule has 0 spiro atoms. The molecule has 1 atom stereocenters. The van der Waals surface area contributed by atoms with Crippen molar-refractivity contribution in [3.05, 3.63) is 41.3 Å². The number of nitrogens with one attached hydrogen (secondary N) is 2. The van der Waals surface area contributed by atoms with E-state index in [1.165, 1.54) is 5.56 Å². The highest BCUT2D eigenvalue weighted by Crippen LogP contribution is 2.24. The molecule has 2 heterocycles. The molecule has 0 amide bonds. The number of guanidine groups is 1. The zero-order chi connectivity index (χ0) is 20.6. The lowest BCUT2D eigenvalue weighted by atomic mass is 10.2. The number of nitrogens with zero attached hydrogens (tertiary/aromatic N) is 3. The van der Waals surface area contributed by atoms with Crippen LogP contribution in [0, 0.1) is 0 Å². The predicted molar refractivity (Wildman–Crippen MR) is 112 cm³/mol. The molecule has 1 fully saturated rings. The minimum atomic E-state index is 0.342. The van der Waals surface area contributed by atoms with E-state index in [0.717, 1.165) is 61.4 Å². The Morgan fingerprint density at radius 1 is 1.24 bits per heavy atom. The quantitative estimate of drug-likeness (QED) is 0.518. The molecule has 0 bridgehead atoms. The number of aryl methyl sites for hydroxylation is 1. The van der Waals surface area contributed by atoms with E-state index in [9.17, 15) is 0 Å². The van der Waals surface area contributed by atoms with Crippen molar-refractivity contribution in [3.8, 4) is 11.5 Å². The lowest BCUT2D eigenvalue weighted by Gasteiger charge is -2.19. The molecule has 29 heavy (non-hydrogen) atoms. The molecule has 2 N–H and O–H groups in total. The molecule has 1 aliphatic heterocycles. The molecule has 0 aliphatic carbocycles. The van der Waals surface area contributed by atoms with Crippen LogP contribution in [-0.2, 0) is 19.5 Å². The standard InChI is InChI=1S/C21H31N5O3/c1-5-16-10-20(29-25-16)12-23-21(22-2)24-17-6-7-26(14-17)13-15-8-18(27-3)11-19(9-15)28-4/h8-11,17H,5-7,12-14H2,1-4H3,(H2,22,23,24). The maximum absolute atomic E-state index is 5.38. The third-order valence-corrected chi connectivity index (χ3v) is 5.05. The van der Waals surface area contributed by atoms with Gasteiger partial charge in [0.15, 0.2) is 11.7 Å². The van der Waals surface area contributed by atoms with Gasteiger partial charge in [0.1, 0.15) is 11.5 Å². The zero-order valence-corrected chi connectivity index (χ0v) is 17.7. The number of rotatable bonds is 8. The van der Waals surface area contributed by atoms with Gasteiger partial charge in [-0.15, -0.1) is 0 Å². The first-order chi connectivity index (χ1) is 14.1. The van der Waals surface area contributed by atoms with Crippen LogP contribution in [0.5, 0.6) is 11.5 Å². The van der Waals surface area contributed by atoms with Crippen molar-refractivity contribution in [2.75, 3.05) is 34.4 Å². The Kier molecular flexibility index (Phi) is 7.35. The van der Waals surface area contributed by atoms with Gasteiger partial charge in [0, 0.05) is 44.9 Å². The third kappa shape index (κ3) is 5.87. The van der Waals surface area contributed by atoms with Crippen LogP contribution in [0.1, 0.15) is 30.4 Å². The number of likely N-dealkylation sites (tertiary alicyclic amines) is 1. The fourth-order valence-electron chi connectivity index (χ4n) is 3.47. The van der Waals surface area contributed by atoms with Crippen molar-refractivity contribution in [1.82, 2.24) is 20.7 Å². The van der Waals surface area contributed by atoms with Crippen LogP contribution in [0.25, 0.3) is 0 Å². The van der Waals surface area contributed by atoms with Gasteiger partial charge in [-0.05, 0) is 30.5 Å². The minimum absolute atomic E-state index is 0.342. The molecule has 8 heteroatoms. The molecule has 0 radical (unpaired) electrons.